The number of aromatic nitrogens is 1. The summed E-state index contributed by atoms with van der Waals surface area (Å²) in [5.41, 5.74) is 0.0888. The van der Waals surface area contributed by atoms with Crippen LogP contribution in [0, 0.1) is 6.92 Å². The Morgan fingerprint density at radius 3 is 2.26 bits per heavy atom. The standard InChI is InChI=1S/C25H24ClF3N2O3S/c1-16-21(18-8-10-19(26)11-9-18)22(24(32)30-13-12-20(15-30)35(2,33)34)31(23(16)25(27,28)29)14-17-6-4-3-5-7-17/h3-11,20H,12-15H2,1-2H3. The molecule has 1 aliphatic rings. The molecule has 1 atom stereocenters. The summed E-state index contributed by atoms with van der Waals surface area (Å²) in [5, 5.41) is -0.333. The first-order chi connectivity index (χ1) is 16.4. The number of benzene rings is 2. The third kappa shape index (κ3) is 5.11. The Hall–Kier alpha value is -2.78. The lowest BCUT2D eigenvalue weighted by atomic mass is 10.00. The number of amides is 1. The molecule has 2 heterocycles. The van der Waals surface area contributed by atoms with E-state index in [2.05, 4.69) is 0 Å². The Morgan fingerprint density at radius 1 is 1.09 bits per heavy atom. The van der Waals surface area contributed by atoms with Crippen LogP contribution in [-0.2, 0) is 22.6 Å². The summed E-state index contributed by atoms with van der Waals surface area (Å²) < 4.78 is 68.3. The number of sulfone groups is 1. The van der Waals surface area contributed by atoms with Crippen molar-refractivity contribution < 1.29 is 26.4 Å². The van der Waals surface area contributed by atoms with Crippen LogP contribution in [0.3, 0.4) is 0 Å². The average Bonchev–Trinajstić information content (AvgIpc) is 3.38. The number of likely N-dealkylation sites (tertiary alicyclic amines) is 1. The maximum Gasteiger partial charge on any atom is 0.431 e. The van der Waals surface area contributed by atoms with Crippen molar-refractivity contribution in [1.29, 1.82) is 0 Å². The van der Waals surface area contributed by atoms with Gasteiger partial charge in [-0.05, 0) is 42.2 Å². The van der Waals surface area contributed by atoms with Crippen LogP contribution in [0.4, 0.5) is 13.2 Å². The highest BCUT2D eigenvalue weighted by atomic mass is 35.5. The number of alkyl halides is 3. The molecule has 0 saturated carbocycles. The molecule has 1 aromatic heterocycles. The van der Waals surface area contributed by atoms with Crippen molar-refractivity contribution >= 4 is 27.3 Å². The van der Waals surface area contributed by atoms with Gasteiger partial charge in [0.25, 0.3) is 5.91 Å². The second-order valence-electron chi connectivity index (χ2n) is 8.76. The van der Waals surface area contributed by atoms with Crippen LogP contribution in [0.1, 0.15) is 33.7 Å². The molecule has 186 valence electrons. The molecule has 1 amide bonds. The van der Waals surface area contributed by atoms with Crippen LogP contribution in [0.25, 0.3) is 11.1 Å². The number of nitrogens with zero attached hydrogens (tertiary/aromatic N) is 2. The minimum Gasteiger partial charge on any atom is -0.336 e. The van der Waals surface area contributed by atoms with Crippen LogP contribution in [0.2, 0.25) is 5.02 Å². The Morgan fingerprint density at radius 2 is 1.71 bits per heavy atom. The molecule has 0 aliphatic carbocycles. The fraction of sp³-hybridized carbons (Fsp3) is 0.320. The Bertz CT molecular complexity index is 1350. The van der Waals surface area contributed by atoms with Crippen molar-refractivity contribution in [2.75, 3.05) is 19.3 Å². The topological polar surface area (TPSA) is 59.4 Å². The van der Waals surface area contributed by atoms with Gasteiger partial charge in [-0.2, -0.15) is 13.2 Å². The van der Waals surface area contributed by atoms with E-state index in [0.29, 0.717) is 16.1 Å². The van der Waals surface area contributed by atoms with Gasteiger partial charge in [-0.25, -0.2) is 8.42 Å². The van der Waals surface area contributed by atoms with Crippen LogP contribution in [0.15, 0.2) is 54.6 Å². The summed E-state index contributed by atoms with van der Waals surface area (Å²) in [5.74, 6) is -0.629. The Labute approximate surface area is 207 Å². The molecule has 0 spiro atoms. The second-order valence-corrected chi connectivity index (χ2v) is 11.5. The van der Waals surface area contributed by atoms with Gasteiger partial charge >= 0.3 is 6.18 Å². The molecule has 4 rings (SSSR count). The average molecular weight is 525 g/mol. The molecule has 5 nitrogen and oxygen atoms in total. The number of rotatable bonds is 5. The number of carbonyl (C=O) groups excluding carboxylic acids is 1. The monoisotopic (exact) mass is 524 g/mol. The van der Waals surface area contributed by atoms with Crippen molar-refractivity contribution in [3.05, 3.63) is 82.1 Å². The predicted molar refractivity (Wildman–Crippen MR) is 129 cm³/mol. The Balaban J connectivity index is 1.94. The van der Waals surface area contributed by atoms with Crippen LogP contribution in [0.5, 0.6) is 0 Å². The maximum atomic E-state index is 14.4. The lowest BCUT2D eigenvalue weighted by Gasteiger charge is -2.21. The van der Waals surface area contributed by atoms with Crippen LogP contribution >= 0.6 is 11.6 Å². The van der Waals surface area contributed by atoms with E-state index in [4.69, 9.17) is 11.6 Å². The van der Waals surface area contributed by atoms with E-state index >= 15 is 0 Å². The zero-order valence-corrected chi connectivity index (χ0v) is 20.7. The van der Waals surface area contributed by atoms with Gasteiger partial charge in [-0.1, -0.05) is 54.1 Å². The predicted octanol–water partition coefficient (Wildman–Crippen LogP) is 5.44. The lowest BCUT2D eigenvalue weighted by Crippen LogP contribution is -2.33. The zero-order chi connectivity index (χ0) is 25.5. The third-order valence-electron chi connectivity index (χ3n) is 6.33. The molecular weight excluding hydrogens is 501 g/mol. The van der Waals surface area contributed by atoms with Crippen LogP contribution < -0.4 is 0 Å². The van der Waals surface area contributed by atoms with Gasteiger partial charge in [0, 0.05) is 36.5 Å². The summed E-state index contributed by atoms with van der Waals surface area (Å²) in [7, 11) is -3.40. The lowest BCUT2D eigenvalue weighted by molar-refractivity contribution is -0.143. The molecule has 35 heavy (non-hydrogen) atoms. The largest absolute Gasteiger partial charge is 0.431 e. The normalized spacial score (nSPS) is 16.6. The molecule has 1 aliphatic heterocycles. The van der Waals surface area contributed by atoms with Crippen molar-refractivity contribution in [2.45, 2.75) is 31.3 Å². The van der Waals surface area contributed by atoms with Gasteiger partial charge in [0.05, 0.1) is 5.25 Å². The van der Waals surface area contributed by atoms with E-state index in [0.717, 1.165) is 10.8 Å². The highest BCUT2D eigenvalue weighted by Crippen LogP contribution is 2.42. The quantitative estimate of drug-likeness (QED) is 0.446. The first-order valence-electron chi connectivity index (χ1n) is 11.0. The zero-order valence-electron chi connectivity index (χ0n) is 19.1. The fourth-order valence-electron chi connectivity index (χ4n) is 4.64. The van der Waals surface area contributed by atoms with Gasteiger partial charge in [0.15, 0.2) is 9.84 Å². The maximum absolute atomic E-state index is 14.4. The molecule has 1 saturated heterocycles. The van der Waals surface area contributed by atoms with Gasteiger partial charge in [0.1, 0.15) is 11.4 Å². The van der Waals surface area contributed by atoms with E-state index in [1.165, 1.54) is 11.8 Å². The summed E-state index contributed by atoms with van der Waals surface area (Å²) in [6.07, 6.45) is -3.38. The number of halogens is 4. The summed E-state index contributed by atoms with van der Waals surface area (Å²) in [4.78, 5) is 15.1. The molecule has 10 heteroatoms. The van der Waals surface area contributed by atoms with E-state index in [9.17, 15) is 26.4 Å². The highest BCUT2D eigenvalue weighted by molar-refractivity contribution is 7.91. The molecule has 1 unspecified atom stereocenters. The van der Waals surface area contributed by atoms with E-state index in [1.54, 1.807) is 54.6 Å². The molecule has 0 bridgehead atoms. The van der Waals surface area contributed by atoms with Crippen molar-refractivity contribution in [1.82, 2.24) is 9.47 Å². The molecular formula is C25H24ClF3N2O3S. The van der Waals surface area contributed by atoms with Gasteiger partial charge in [-0.15, -0.1) is 0 Å². The first-order valence-corrected chi connectivity index (χ1v) is 13.3. The van der Waals surface area contributed by atoms with Crippen molar-refractivity contribution in [3.63, 3.8) is 0 Å². The number of carbonyl (C=O) groups is 1. The summed E-state index contributed by atoms with van der Waals surface area (Å²) in [6.45, 7) is 1.27. The number of hydrogen-bond acceptors (Lipinski definition) is 3. The molecule has 0 radical (unpaired) electrons. The minimum atomic E-state index is -4.72. The summed E-state index contributed by atoms with van der Waals surface area (Å²) >= 11 is 6.00. The van der Waals surface area contributed by atoms with Gasteiger partial charge < -0.3 is 9.47 Å². The molecule has 3 aromatic rings. The smallest absolute Gasteiger partial charge is 0.336 e. The van der Waals surface area contributed by atoms with Crippen molar-refractivity contribution in [3.8, 4) is 11.1 Å². The van der Waals surface area contributed by atoms with Crippen LogP contribution in [-0.4, -0.2) is 48.4 Å². The molecule has 2 aromatic carbocycles. The third-order valence-corrected chi connectivity index (χ3v) is 8.18. The fourth-order valence-corrected chi connectivity index (χ4v) is 5.75. The number of hydrogen-bond donors (Lipinski definition) is 0. The highest BCUT2D eigenvalue weighted by Gasteiger charge is 2.43. The molecule has 0 N–H and O–H groups in total. The summed E-state index contributed by atoms with van der Waals surface area (Å²) in [6, 6.07) is 14.9. The van der Waals surface area contributed by atoms with E-state index < -0.39 is 32.9 Å². The van der Waals surface area contributed by atoms with Crippen molar-refractivity contribution in [2.24, 2.45) is 0 Å². The van der Waals surface area contributed by atoms with Gasteiger partial charge in [-0.3, -0.25) is 4.79 Å². The van der Waals surface area contributed by atoms with E-state index in [1.807, 2.05) is 0 Å². The Kier molecular flexibility index (Phi) is 6.76. The SMILES string of the molecule is Cc1c(-c2ccc(Cl)cc2)c(C(=O)N2CCC(S(C)(=O)=O)C2)n(Cc2ccccc2)c1C(F)(F)F. The van der Waals surface area contributed by atoms with E-state index in [-0.39, 0.29) is 42.9 Å². The second kappa shape index (κ2) is 9.35. The van der Waals surface area contributed by atoms with Gasteiger partial charge in [0.2, 0.25) is 0 Å². The molecule has 1 fully saturated rings. The first kappa shape index (κ1) is 25.3. The minimum absolute atomic E-state index is 0.0609.